The first kappa shape index (κ1) is 12.7. The SMILES string of the molecule is CC1=CC2C3=C(C=CCC3)N(c3ccccc3)C2(C)C=C1. The molecule has 0 N–H and O–H groups in total. The van der Waals surface area contributed by atoms with Gasteiger partial charge >= 0.3 is 0 Å². The van der Waals surface area contributed by atoms with E-state index in [0.717, 1.165) is 0 Å². The molecule has 1 heteroatoms. The summed E-state index contributed by atoms with van der Waals surface area (Å²) in [7, 11) is 0. The maximum atomic E-state index is 2.53. The van der Waals surface area contributed by atoms with E-state index in [1.54, 1.807) is 5.57 Å². The Labute approximate surface area is 127 Å². The van der Waals surface area contributed by atoms with E-state index < -0.39 is 0 Å². The van der Waals surface area contributed by atoms with Crippen LogP contribution >= 0.6 is 0 Å². The Morgan fingerprint density at radius 2 is 1.95 bits per heavy atom. The molecule has 2 atom stereocenters. The van der Waals surface area contributed by atoms with Crippen LogP contribution in [0.1, 0.15) is 26.7 Å². The summed E-state index contributed by atoms with van der Waals surface area (Å²) in [6.45, 7) is 4.58. The Balaban J connectivity index is 1.91. The maximum Gasteiger partial charge on any atom is 0.0709 e. The van der Waals surface area contributed by atoms with E-state index in [0.29, 0.717) is 5.92 Å². The van der Waals surface area contributed by atoms with Crippen LogP contribution in [0.2, 0.25) is 0 Å². The number of anilines is 1. The molecule has 3 aliphatic rings. The number of nitrogens with zero attached hydrogens (tertiary/aromatic N) is 1. The smallest absolute Gasteiger partial charge is 0.0709 e. The quantitative estimate of drug-likeness (QED) is 0.697. The predicted octanol–water partition coefficient (Wildman–Crippen LogP) is 5.00. The Morgan fingerprint density at radius 1 is 1.14 bits per heavy atom. The molecule has 0 saturated heterocycles. The van der Waals surface area contributed by atoms with Gasteiger partial charge in [0.25, 0.3) is 0 Å². The molecule has 2 aliphatic carbocycles. The first-order chi connectivity index (χ1) is 10.2. The van der Waals surface area contributed by atoms with E-state index >= 15 is 0 Å². The fraction of sp³-hybridized carbons (Fsp3) is 0.300. The van der Waals surface area contributed by atoms with Crippen LogP contribution in [0.5, 0.6) is 0 Å². The summed E-state index contributed by atoms with van der Waals surface area (Å²) in [4.78, 5) is 2.53. The second-order valence-electron chi connectivity index (χ2n) is 6.47. The van der Waals surface area contributed by atoms with Gasteiger partial charge in [-0.15, -0.1) is 0 Å². The van der Waals surface area contributed by atoms with Gasteiger partial charge in [-0.3, -0.25) is 0 Å². The molecule has 106 valence electrons. The van der Waals surface area contributed by atoms with E-state index in [2.05, 4.69) is 79.5 Å². The van der Waals surface area contributed by atoms with Crippen molar-refractivity contribution in [2.75, 3.05) is 4.90 Å². The summed E-state index contributed by atoms with van der Waals surface area (Å²) in [5.74, 6) is 0.502. The number of fused-ring (bicyclic) bond motifs is 2. The number of hydrogen-bond acceptors (Lipinski definition) is 1. The first-order valence-electron chi connectivity index (χ1n) is 7.83. The summed E-state index contributed by atoms with van der Waals surface area (Å²) >= 11 is 0. The number of benzene rings is 1. The standard InChI is InChI=1S/C20H21N/c1-15-12-13-20(2)18(14-15)17-10-6-7-11-19(17)21(20)16-8-4-3-5-9-16/h3-5,7-9,11-14,18H,6,10H2,1-2H3. The fourth-order valence-corrected chi connectivity index (χ4v) is 4.01. The minimum absolute atomic E-state index is 0.0280. The molecule has 1 nitrogen and oxygen atoms in total. The van der Waals surface area contributed by atoms with E-state index in [1.165, 1.54) is 29.8 Å². The van der Waals surface area contributed by atoms with Gasteiger partial charge in [0.05, 0.1) is 5.54 Å². The summed E-state index contributed by atoms with van der Waals surface area (Å²) in [6, 6.07) is 10.8. The second kappa shape index (κ2) is 4.49. The molecular weight excluding hydrogens is 254 g/mol. The number of hydrogen-bond donors (Lipinski definition) is 0. The molecule has 0 aromatic heterocycles. The number of allylic oxidation sites excluding steroid dienone is 4. The van der Waals surface area contributed by atoms with Crippen molar-refractivity contribution in [3.63, 3.8) is 0 Å². The molecule has 0 spiro atoms. The highest BCUT2D eigenvalue weighted by molar-refractivity contribution is 5.67. The highest BCUT2D eigenvalue weighted by Gasteiger charge is 2.48. The molecule has 1 aliphatic heterocycles. The van der Waals surface area contributed by atoms with E-state index in [1.807, 2.05) is 0 Å². The monoisotopic (exact) mass is 275 g/mol. The van der Waals surface area contributed by atoms with Crippen molar-refractivity contribution in [3.8, 4) is 0 Å². The lowest BCUT2D eigenvalue weighted by molar-refractivity contribution is 0.485. The molecule has 0 bridgehead atoms. The zero-order valence-electron chi connectivity index (χ0n) is 12.7. The highest BCUT2D eigenvalue weighted by atomic mass is 15.2. The van der Waals surface area contributed by atoms with E-state index in [9.17, 15) is 0 Å². The molecule has 0 fully saturated rings. The Kier molecular flexibility index (Phi) is 2.72. The summed E-state index contributed by atoms with van der Waals surface area (Å²) in [6.07, 6.45) is 14.1. The van der Waals surface area contributed by atoms with Crippen molar-refractivity contribution in [2.45, 2.75) is 32.2 Å². The van der Waals surface area contributed by atoms with Gasteiger partial charge in [-0.1, -0.05) is 48.1 Å². The molecule has 1 aromatic carbocycles. The number of rotatable bonds is 1. The van der Waals surface area contributed by atoms with Gasteiger partial charge in [-0.25, -0.2) is 0 Å². The van der Waals surface area contributed by atoms with E-state index in [4.69, 9.17) is 0 Å². The van der Waals surface area contributed by atoms with E-state index in [-0.39, 0.29) is 5.54 Å². The van der Waals surface area contributed by atoms with Crippen LogP contribution in [0.4, 0.5) is 5.69 Å². The van der Waals surface area contributed by atoms with Crippen molar-refractivity contribution in [1.82, 2.24) is 0 Å². The lowest BCUT2D eigenvalue weighted by Gasteiger charge is -2.41. The Hall–Kier alpha value is -2.02. The highest BCUT2D eigenvalue weighted by Crippen LogP contribution is 2.51. The van der Waals surface area contributed by atoms with Crippen LogP contribution < -0.4 is 4.90 Å². The van der Waals surface area contributed by atoms with Crippen LogP contribution in [0.3, 0.4) is 0 Å². The largest absolute Gasteiger partial charge is 0.331 e. The normalized spacial score (nSPS) is 30.3. The molecule has 0 saturated carbocycles. The summed E-state index contributed by atoms with van der Waals surface area (Å²) in [5, 5.41) is 0. The van der Waals surface area contributed by atoms with Crippen LogP contribution in [0.25, 0.3) is 0 Å². The average Bonchev–Trinajstić information content (AvgIpc) is 2.77. The van der Waals surface area contributed by atoms with Crippen molar-refractivity contribution in [3.05, 3.63) is 77.6 Å². The Morgan fingerprint density at radius 3 is 2.76 bits per heavy atom. The van der Waals surface area contributed by atoms with Crippen molar-refractivity contribution >= 4 is 5.69 Å². The summed E-state index contributed by atoms with van der Waals surface area (Å²) < 4.78 is 0. The van der Waals surface area contributed by atoms with Crippen molar-refractivity contribution < 1.29 is 0 Å². The zero-order valence-corrected chi connectivity index (χ0v) is 12.7. The lowest BCUT2D eigenvalue weighted by Crippen LogP contribution is -2.45. The minimum Gasteiger partial charge on any atom is -0.331 e. The second-order valence-corrected chi connectivity index (χ2v) is 6.47. The van der Waals surface area contributed by atoms with Gasteiger partial charge in [-0.2, -0.15) is 0 Å². The van der Waals surface area contributed by atoms with Crippen LogP contribution in [-0.4, -0.2) is 5.54 Å². The molecule has 1 aromatic rings. The molecule has 0 radical (unpaired) electrons. The average molecular weight is 275 g/mol. The fourth-order valence-electron chi connectivity index (χ4n) is 4.01. The molecule has 21 heavy (non-hydrogen) atoms. The minimum atomic E-state index is 0.0280. The van der Waals surface area contributed by atoms with Crippen LogP contribution in [0.15, 0.2) is 77.6 Å². The van der Waals surface area contributed by atoms with Crippen molar-refractivity contribution in [2.24, 2.45) is 5.92 Å². The zero-order chi connectivity index (χ0) is 14.4. The van der Waals surface area contributed by atoms with Gasteiger partial charge < -0.3 is 4.90 Å². The van der Waals surface area contributed by atoms with Gasteiger partial charge in [0.15, 0.2) is 0 Å². The van der Waals surface area contributed by atoms with Gasteiger partial charge in [0.2, 0.25) is 0 Å². The lowest BCUT2D eigenvalue weighted by atomic mass is 9.76. The van der Waals surface area contributed by atoms with Crippen LogP contribution in [0, 0.1) is 5.92 Å². The number of para-hydroxylation sites is 1. The van der Waals surface area contributed by atoms with Gasteiger partial charge in [0.1, 0.15) is 0 Å². The maximum absolute atomic E-state index is 2.53. The van der Waals surface area contributed by atoms with Crippen LogP contribution in [-0.2, 0) is 0 Å². The van der Waals surface area contributed by atoms with Gasteiger partial charge in [-0.05, 0) is 50.5 Å². The first-order valence-corrected chi connectivity index (χ1v) is 7.83. The van der Waals surface area contributed by atoms with Gasteiger partial charge in [0, 0.05) is 17.3 Å². The third-order valence-corrected chi connectivity index (χ3v) is 5.04. The topological polar surface area (TPSA) is 3.24 Å². The molecule has 0 amide bonds. The summed E-state index contributed by atoms with van der Waals surface area (Å²) in [5.41, 5.74) is 5.72. The molecule has 4 rings (SSSR count). The molecule has 1 heterocycles. The third-order valence-electron chi connectivity index (χ3n) is 5.04. The Bertz CT molecular complexity index is 690. The molecule has 2 unspecified atom stereocenters. The predicted molar refractivity (Wildman–Crippen MR) is 89.1 cm³/mol. The molecular formula is C20H21N. The third kappa shape index (κ3) is 1.77. The van der Waals surface area contributed by atoms with Crippen molar-refractivity contribution in [1.29, 1.82) is 0 Å².